The number of nitrogens with one attached hydrogen (secondary N) is 1. The Morgan fingerprint density at radius 3 is 2.44 bits per heavy atom. The van der Waals surface area contributed by atoms with Gasteiger partial charge in [0.2, 0.25) is 0 Å². The van der Waals surface area contributed by atoms with E-state index >= 15 is 0 Å². The highest BCUT2D eigenvalue weighted by Crippen LogP contribution is 2.17. The second-order valence-corrected chi connectivity index (χ2v) is 5.59. The molecule has 1 unspecified atom stereocenters. The molecule has 2 amide bonds. The van der Waals surface area contributed by atoms with Crippen molar-refractivity contribution in [2.75, 3.05) is 0 Å². The Balaban J connectivity index is 2.93. The maximum atomic E-state index is 12.0. The van der Waals surface area contributed by atoms with Crippen LogP contribution < -0.4 is 11.2 Å². The highest BCUT2D eigenvalue weighted by Gasteiger charge is 2.38. The van der Waals surface area contributed by atoms with Crippen LogP contribution in [0.2, 0.25) is 0 Å². The van der Waals surface area contributed by atoms with Crippen LogP contribution in [0.5, 0.6) is 0 Å². The summed E-state index contributed by atoms with van der Waals surface area (Å²) in [6, 6.07) is -0.439. The second kappa shape index (κ2) is 4.93. The van der Waals surface area contributed by atoms with Crippen LogP contribution in [0.3, 0.4) is 0 Å². The maximum absolute atomic E-state index is 12.0. The van der Waals surface area contributed by atoms with E-state index in [0.29, 0.717) is 12.1 Å². The molecule has 0 fully saturated rings. The summed E-state index contributed by atoms with van der Waals surface area (Å²) in [4.78, 5) is 23.1. The number of hydrogen-bond acceptors (Lipinski definition) is 5. The minimum absolute atomic E-state index is 0.0323. The average Bonchev–Trinajstić information content (AvgIpc) is 2.52. The lowest BCUT2D eigenvalue weighted by atomic mass is 10.1. The molecule has 0 saturated heterocycles. The van der Waals surface area contributed by atoms with Gasteiger partial charge in [0.15, 0.2) is 12.5 Å². The fourth-order valence-electron chi connectivity index (χ4n) is 1.55. The van der Waals surface area contributed by atoms with Crippen LogP contribution in [0.25, 0.3) is 0 Å². The molecular weight excluding hydrogens is 234 g/mol. The third-order valence-electron chi connectivity index (χ3n) is 2.34. The molecule has 1 aliphatic heterocycles. The topological polar surface area (TPSA) is 91.0 Å². The van der Waals surface area contributed by atoms with E-state index in [1.54, 1.807) is 0 Å². The monoisotopic (exact) mass is 255 g/mol. The Labute approximate surface area is 107 Å². The van der Waals surface area contributed by atoms with Gasteiger partial charge in [-0.05, 0) is 20.8 Å². The third-order valence-corrected chi connectivity index (χ3v) is 2.34. The minimum Gasteiger partial charge on any atom is -0.332 e. The SMILES string of the molecule is CC(C)C1=NN(C(=O)NC(C)(C)C)C(C=O)N1N. The molecule has 7 heteroatoms. The molecular formula is C11H21N5O2. The number of hydrazone groups is 1. The Kier molecular flexibility index (Phi) is 3.95. The van der Waals surface area contributed by atoms with E-state index in [-0.39, 0.29) is 5.92 Å². The third kappa shape index (κ3) is 2.98. The summed E-state index contributed by atoms with van der Waals surface area (Å²) in [6.07, 6.45) is -0.286. The maximum Gasteiger partial charge on any atom is 0.340 e. The first-order chi connectivity index (χ1) is 8.17. The van der Waals surface area contributed by atoms with Crippen LogP contribution >= 0.6 is 0 Å². The summed E-state index contributed by atoms with van der Waals surface area (Å²) in [5.41, 5.74) is -0.403. The zero-order chi connectivity index (χ0) is 14.1. The van der Waals surface area contributed by atoms with Crippen molar-refractivity contribution in [1.82, 2.24) is 15.3 Å². The number of carbonyl (C=O) groups excluding carboxylic acids is 2. The van der Waals surface area contributed by atoms with Crippen molar-refractivity contribution >= 4 is 18.2 Å². The first-order valence-corrected chi connectivity index (χ1v) is 5.86. The number of nitrogens with two attached hydrogens (primary N) is 1. The lowest BCUT2D eigenvalue weighted by Gasteiger charge is -2.27. The number of hydrogen-bond donors (Lipinski definition) is 2. The van der Waals surface area contributed by atoms with E-state index in [1.807, 2.05) is 34.6 Å². The van der Waals surface area contributed by atoms with Gasteiger partial charge in [0.25, 0.3) is 0 Å². The first kappa shape index (κ1) is 14.4. The summed E-state index contributed by atoms with van der Waals surface area (Å²) in [6.45, 7) is 9.34. The lowest BCUT2D eigenvalue weighted by molar-refractivity contribution is -0.114. The van der Waals surface area contributed by atoms with E-state index in [9.17, 15) is 9.59 Å². The van der Waals surface area contributed by atoms with Gasteiger partial charge in [-0.25, -0.2) is 10.6 Å². The van der Waals surface area contributed by atoms with Gasteiger partial charge in [-0.2, -0.15) is 10.1 Å². The van der Waals surface area contributed by atoms with Gasteiger partial charge >= 0.3 is 6.03 Å². The van der Waals surface area contributed by atoms with Crippen LogP contribution in [0.15, 0.2) is 5.10 Å². The van der Waals surface area contributed by atoms with Crippen molar-refractivity contribution in [2.45, 2.75) is 46.3 Å². The van der Waals surface area contributed by atoms with Gasteiger partial charge < -0.3 is 5.32 Å². The predicted octanol–water partition coefficient (Wildman–Crippen LogP) is 0.480. The molecule has 0 aromatic rings. The van der Waals surface area contributed by atoms with Crippen molar-refractivity contribution < 1.29 is 9.59 Å². The summed E-state index contributed by atoms with van der Waals surface area (Å²) < 4.78 is 0. The largest absolute Gasteiger partial charge is 0.340 e. The highest BCUT2D eigenvalue weighted by molar-refractivity contribution is 5.91. The van der Waals surface area contributed by atoms with Gasteiger partial charge in [-0.15, -0.1) is 0 Å². The molecule has 0 saturated carbocycles. The number of amides is 2. The van der Waals surface area contributed by atoms with E-state index in [1.165, 1.54) is 5.01 Å². The van der Waals surface area contributed by atoms with E-state index in [2.05, 4.69) is 10.4 Å². The highest BCUT2D eigenvalue weighted by atomic mass is 16.2. The number of hydrazine groups is 1. The number of rotatable bonds is 2. The van der Waals surface area contributed by atoms with Gasteiger partial charge in [0.1, 0.15) is 5.84 Å². The molecule has 3 N–H and O–H groups in total. The molecule has 1 rings (SSSR count). The molecule has 0 bridgehead atoms. The molecule has 0 aromatic heterocycles. The number of amidine groups is 1. The number of urea groups is 1. The molecule has 0 aliphatic carbocycles. The molecule has 1 aliphatic rings. The summed E-state index contributed by atoms with van der Waals surface area (Å²) >= 11 is 0. The van der Waals surface area contributed by atoms with Crippen LogP contribution in [0.4, 0.5) is 4.79 Å². The standard InChI is InChI=1S/C11H21N5O2/c1-7(2)9-14-16(8(6-17)15(9)12)10(18)13-11(3,4)5/h6-8H,12H2,1-5H3,(H,13,18). The van der Waals surface area contributed by atoms with Crippen LogP contribution in [0, 0.1) is 5.92 Å². The predicted molar refractivity (Wildman–Crippen MR) is 68.3 cm³/mol. The van der Waals surface area contributed by atoms with Gasteiger partial charge in [0, 0.05) is 11.5 Å². The second-order valence-electron chi connectivity index (χ2n) is 5.59. The van der Waals surface area contributed by atoms with Gasteiger partial charge in [-0.1, -0.05) is 13.8 Å². The smallest absolute Gasteiger partial charge is 0.332 e. The van der Waals surface area contributed by atoms with Crippen molar-refractivity contribution in [3.05, 3.63) is 0 Å². The molecule has 1 atom stereocenters. The molecule has 0 radical (unpaired) electrons. The number of aldehydes is 1. The van der Waals surface area contributed by atoms with Gasteiger partial charge in [0.05, 0.1) is 0 Å². The fraction of sp³-hybridized carbons (Fsp3) is 0.727. The lowest BCUT2D eigenvalue weighted by Crippen LogP contribution is -2.54. The van der Waals surface area contributed by atoms with Crippen molar-refractivity contribution in [3.63, 3.8) is 0 Å². The average molecular weight is 255 g/mol. The molecule has 0 spiro atoms. The Hall–Kier alpha value is -1.63. The molecule has 18 heavy (non-hydrogen) atoms. The molecule has 102 valence electrons. The van der Waals surface area contributed by atoms with Crippen molar-refractivity contribution in [3.8, 4) is 0 Å². The Bertz CT molecular complexity index is 372. The van der Waals surface area contributed by atoms with Crippen LogP contribution in [-0.2, 0) is 4.79 Å². The molecule has 0 aromatic carbocycles. The van der Waals surface area contributed by atoms with E-state index in [4.69, 9.17) is 5.84 Å². The Morgan fingerprint density at radius 2 is 2.06 bits per heavy atom. The van der Waals surface area contributed by atoms with E-state index in [0.717, 1.165) is 5.01 Å². The van der Waals surface area contributed by atoms with Crippen LogP contribution in [0.1, 0.15) is 34.6 Å². The van der Waals surface area contributed by atoms with E-state index < -0.39 is 17.7 Å². The van der Waals surface area contributed by atoms with Crippen molar-refractivity contribution in [1.29, 1.82) is 0 Å². The minimum atomic E-state index is -0.884. The molecule has 1 heterocycles. The Morgan fingerprint density at radius 1 is 1.50 bits per heavy atom. The van der Waals surface area contributed by atoms with Crippen molar-refractivity contribution in [2.24, 2.45) is 16.9 Å². The number of carbonyl (C=O) groups is 2. The quantitative estimate of drug-likeness (QED) is 0.554. The molecule has 7 nitrogen and oxygen atoms in total. The van der Waals surface area contributed by atoms with Crippen LogP contribution in [-0.4, -0.2) is 39.9 Å². The first-order valence-electron chi connectivity index (χ1n) is 5.86. The summed E-state index contributed by atoms with van der Waals surface area (Å²) in [5, 5.41) is 9.16. The fourth-order valence-corrected chi connectivity index (χ4v) is 1.55. The zero-order valence-corrected chi connectivity index (χ0v) is 11.5. The van der Waals surface area contributed by atoms with Gasteiger partial charge in [-0.3, -0.25) is 9.80 Å². The summed E-state index contributed by atoms with van der Waals surface area (Å²) in [5.74, 6) is 6.32. The zero-order valence-electron chi connectivity index (χ0n) is 11.5. The normalized spacial score (nSPS) is 20.2. The number of nitrogens with zero attached hydrogens (tertiary/aromatic N) is 3. The summed E-state index contributed by atoms with van der Waals surface area (Å²) in [7, 11) is 0.